The fourth-order valence-corrected chi connectivity index (χ4v) is 4.64. The van der Waals surface area contributed by atoms with Gasteiger partial charge >= 0.3 is 0 Å². The van der Waals surface area contributed by atoms with Crippen LogP contribution in [0.3, 0.4) is 0 Å². The van der Waals surface area contributed by atoms with Crippen LogP contribution in [0.2, 0.25) is 10.0 Å². The number of hydrogen-bond donors (Lipinski definition) is 1. The van der Waals surface area contributed by atoms with Crippen molar-refractivity contribution in [3.63, 3.8) is 0 Å². The Kier molecular flexibility index (Phi) is 8.11. The molecule has 0 aromatic heterocycles. The predicted octanol–water partition coefficient (Wildman–Crippen LogP) is 6.76. The number of nitrogens with zero attached hydrogens (tertiary/aromatic N) is 1. The van der Waals surface area contributed by atoms with Gasteiger partial charge in [-0.3, -0.25) is 0 Å². The maximum Gasteiger partial charge on any atom is 0.0432 e. The lowest BCUT2D eigenvalue weighted by Crippen LogP contribution is -2.23. The Labute approximate surface area is 181 Å². The van der Waals surface area contributed by atoms with Crippen molar-refractivity contribution in [3.05, 3.63) is 88.4 Å². The molecule has 0 aliphatic rings. The SMILES string of the molecule is CN(CCCNCc1ccccc1Sc1cc(Cl)cc(Cl)c1)c1ccccc1. The molecule has 2 nitrogen and oxygen atoms in total. The Morgan fingerprint density at radius 1 is 0.893 bits per heavy atom. The van der Waals surface area contributed by atoms with Gasteiger partial charge in [-0.25, -0.2) is 0 Å². The Hall–Kier alpha value is -1.65. The zero-order valence-corrected chi connectivity index (χ0v) is 18.2. The summed E-state index contributed by atoms with van der Waals surface area (Å²) < 4.78 is 0. The molecule has 0 unspecified atom stereocenters. The van der Waals surface area contributed by atoms with Crippen molar-refractivity contribution in [2.24, 2.45) is 0 Å². The van der Waals surface area contributed by atoms with E-state index in [-0.39, 0.29) is 0 Å². The van der Waals surface area contributed by atoms with E-state index in [2.05, 4.69) is 65.8 Å². The van der Waals surface area contributed by atoms with E-state index in [1.54, 1.807) is 17.8 Å². The molecule has 0 saturated carbocycles. The van der Waals surface area contributed by atoms with E-state index in [1.807, 2.05) is 18.2 Å². The van der Waals surface area contributed by atoms with Crippen LogP contribution in [0.1, 0.15) is 12.0 Å². The number of rotatable bonds is 9. The molecule has 1 N–H and O–H groups in total. The highest BCUT2D eigenvalue weighted by molar-refractivity contribution is 7.99. The van der Waals surface area contributed by atoms with Gasteiger partial charge in [0.2, 0.25) is 0 Å². The Bertz CT molecular complexity index is 867. The lowest BCUT2D eigenvalue weighted by Gasteiger charge is -2.19. The van der Waals surface area contributed by atoms with Gasteiger partial charge in [0.1, 0.15) is 0 Å². The number of para-hydroxylation sites is 1. The van der Waals surface area contributed by atoms with Gasteiger partial charge in [0.25, 0.3) is 0 Å². The third-order valence-corrected chi connectivity index (χ3v) is 5.92. The number of halogens is 2. The van der Waals surface area contributed by atoms with Crippen molar-refractivity contribution in [1.82, 2.24) is 5.32 Å². The standard InChI is InChI=1S/C23H24Cl2N2S/c1-27(21-9-3-2-4-10-21)13-7-12-26-17-18-8-5-6-11-23(18)28-22-15-19(24)14-20(25)16-22/h2-6,8-11,14-16,26H,7,12-13,17H2,1H3. The van der Waals surface area contributed by atoms with Crippen LogP contribution in [0.4, 0.5) is 5.69 Å². The molecular weight excluding hydrogens is 407 g/mol. The van der Waals surface area contributed by atoms with Crippen LogP contribution >= 0.6 is 35.0 Å². The molecule has 0 fully saturated rings. The van der Waals surface area contributed by atoms with Gasteiger partial charge in [-0.2, -0.15) is 0 Å². The molecule has 0 heterocycles. The van der Waals surface area contributed by atoms with Gasteiger partial charge in [0.15, 0.2) is 0 Å². The van der Waals surface area contributed by atoms with E-state index < -0.39 is 0 Å². The zero-order valence-electron chi connectivity index (χ0n) is 15.9. The number of hydrogen-bond acceptors (Lipinski definition) is 3. The molecule has 0 bridgehead atoms. The van der Waals surface area contributed by atoms with E-state index in [0.29, 0.717) is 10.0 Å². The van der Waals surface area contributed by atoms with Crippen molar-refractivity contribution in [2.45, 2.75) is 22.8 Å². The number of benzene rings is 3. The first-order valence-electron chi connectivity index (χ1n) is 9.30. The molecule has 0 radical (unpaired) electrons. The first kappa shape index (κ1) is 21.1. The quantitative estimate of drug-likeness (QED) is 0.377. The summed E-state index contributed by atoms with van der Waals surface area (Å²) in [6.07, 6.45) is 1.09. The number of nitrogens with one attached hydrogen (secondary N) is 1. The molecule has 3 aromatic rings. The van der Waals surface area contributed by atoms with E-state index in [0.717, 1.165) is 31.0 Å². The van der Waals surface area contributed by atoms with Gasteiger partial charge in [0.05, 0.1) is 0 Å². The van der Waals surface area contributed by atoms with E-state index in [9.17, 15) is 0 Å². The van der Waals surface area contributed by atoms with E-state index in [4.69, 9.17) is 23.2 Å². The average molecular weight is 431 g/mol. The third kappa shape index (κ3) is 6.46. The summed E-state index contributed by atoms with van der Waals surface area (Å²) in [6.45, 7) is 2.83. The van der Waals surface area contributed by atoms with E-state index >= 15 is 0 Å². The molecule has 3 rings (SSSR count). The maximum absolute atomic E-state index is 6.13. The lowest BCUT2D eigenvalue weighted by atomic mass is 10.2. The molecule has 5 heteroatoms. The van der Waals surface area contributed by atoms with E-state index in [1.165, 1.54) is 16.1 Å². The van der Waals surface area contributed by atoms with Crippen LogP contribution in [0.15, 0.2) is 82.6 Å². The zero-order chi connectivity index (χ0) is 19.8. The normalized spacial score (nSPS) is 10.8. The summed E-state index contributed by atoms with van der Waals surface area (Å²) >= 11 is 14.0. The summed E-state index contributed by atoms with van der Waals surface area (Å²) in [5.74, 6) is 0. The Morgan fingerprint density at radius 2 is 1.57 bits per heavy atom. The minimum atomic E-state index is 0.660. The molecular formula is C23H24Cl2N2S. The fourth-order valence-electron chi connectivity index (χ4n) is 2.94. The van der Waals surface area contributed by atoms with Crippen molar-refractivity contribution in [3.8, 4) is 0 Å². The highest BCUT2D eigenvalue weighted by atomic mass is 35.5. The topological polar surface area (TPSA) is 15.3 Å². The summed E-state index contributed by atoms with van der Waals surface area (Å²) in [4.78, 5) is 4.55. The van der Waals surface area contributed by atoms with Gasteiger partial charge in [-0.1, -0.05) is 71.4 Å². The lowest BCUT2D eigenvalue weighted by molar-refractivity contribution is 0.641. The average Bonchev–Trinajstić information content (AvgIpc) is 2.68. The molecule has 0 atom stereocenters. The fraction of sp³-hybridized carbons (Fsp3) is 0.217. The van der Waals surface area contributed by atoms with Crippen LogP contribution < -0.4 is 10.2 Å². The molecule has 3 aromatic carbocycles. The molecule has 0 saturated heterocycles. The van der Waals surface area contributed by atoms with Crippen molar-refractivity contribution < 1.29 is 0 Å². The second-order valence-electron chi connectivity index (χ2n) is 6.60. The van der Waals surface area contributed by atoms with Crippen molar-refractivity contribution in [2.75, 3.05) is 25.0 Å². The maximum atomic E-state index is 6.13. The highest BCUT2D eigenvalue weighted by Crippen LogP contribution is 2.33. The van der Waals surface area contributed by atoms with Crippen molar-refractivity contribution in [1.29, 1.82) is 0 Å². The second kappa shape index (κ2) is 10.8. The minimum Gasteiger partial charge on any atom is -0.375 e. The third-order valence-electron chi connectivity index (χ3n) is 4.40. The summed E-state index contributed by atoms with van der Waals surface area (Å²) in [6, 6.07) is 24.6. The monoisotopic (exact) mass is 430 g/mol. The van der Waals surface area contributed by atoms with Gasteiger partial charge in [0, 0.05) is 45.7 Å². The van der Waals surface area contributed by atoms with Crippen LogP contribution in [0, 0.1) is 0 Å². The Balaban J connectivity index is 1.50. The summed E-state index contributed by atoms with van der Waals surface area (Å²) in [5, 5.41) is 4.89. The first-order valence-corrected chi connectivity index (χ1v) is 10.9. The first-order chi connectivity index (χ1) is 13.6. The van der Waals surface area contributed by atoms with Gasteiger partial charge < -0.3 is 10.2 Å². The van der Waals surface area contributed by atoms with Crippen LogP contribution in [0.25, 0.3) is 0 Å². The highest BCUT2D eigenvalue weighted by Gasteiger charge is 2.06. The largest absolute Gasteiger partial charge is 0.375 e. The molecule has 0 aliphatic carbocycles. The summed E-state index contributed by atoms with van der Waals surface area (Å²) in [7, 11) is 2.14. The minimum absolute atomic E-state index is 0.660. The molecule has 28 heavy (non-hydrogen) atoms. The molecule has 0 spiro atoms. The van der Waals surface area contributed by atoms with Crippen LogP contribution in [-0.2, 0) is 6.54 Å². The number of anilines is 1. The van der Waals surface area contributed by atoms with Crippen LogP contribution in [-0.4, -0.2) is 20.1 Å². The molecule has 0 aliphatic heterocycles. The smallest absolute Gasteiger partial charge is 0.0432 e. The summed E-state index contributed by atoms with van der Waals surface area (Å²) in [5.41, 5.74) is 2.53. The van der Waals surface area contributed by atoms with Gasteiger partial charge in [-0.15, -0.1) is 0 Å². The van der Waals surface area contributed by atoms with Gasteiger partial charge in [-0.05, 0) is 54.9 Å². The van der Waals surface area contributed by atoms with Crippen molar-refractivity contribution >= 4 is 40.7 Å². The predicted molar refractivity (Wildman–Crippen MR) is 123 cm³/mol. The molecule has 146 valence electrons. The molecule has 0 amide bonds. The van der Waals surface area contributed by atoms with Crippen LogP contribution in [0.5, 0.6) is 0 Å². The second-order valence-corrected chi connectivity index (χ2v) is 8.59. The Morgan fingerprint density at radius 3 is 2.32 bits per heavy atom.